The standard InChI is InChI=1S/C18H20N2O8/c1-11-7-19(8-12(2)28-11)17(21)9-25-18(22)4-3-13-5-15-16(27-10-26-15)6-14(13)20(23)24/h3-6,11-12H,7-10H2,1-2H3/b4-3+/t11-,12-/m1/s1. The van der Waals surface area contributed by atoms with E-state index in [2.05, 4.69) is 0 Å². The van der Waals surface area contributed by atoms with E-state index in [4.69, 9.17) is 18.9 Å². The number of hydrogen-bond acceptors (Lipinski definition) is 8. The monoisotopic (exact) mass is 392 g/mol. The maximum atomic E-state index is 12.2. The highest BCUT2D eigenvalue weighted by Gasteiger charge is 2.26. The third kappa shape index (κ3) is 4.58. The molecule has 0 unspecified atom stereocenters. The van der Waals surface area contributed by atoms with Gasteiger partial charge in [0.15, 0.2) is 18.1 Å². The Kier molecular flexibility index (Phi) is 5.78. The first-order valence-corrected chi connectivity index (χ1v) is 8.69. The quantitative estimate of drug-likeness (QED) is 0.320. The van der Waals surface area contributed by atoms with Gasteiger partial charge in [-0.15, -0.1) is 0 Å². The Hall–Kier alpha value is -3.14. The van der Waals surface area contributed by atoms with Crippen LogP contribution in [0.2, 0.25) is 0 Å². The summed E-state index contributed by atoms with van der Waals surface area (Å²) >= 11 is 0. The van der Waals surface area contributed by atoms with Gasteiger partial charge in [-0.2, -0.15) is 0 Å². The lowest BCUT2D eigenvalue weighted by atomic mass is 10.1. The number of esters is 1. The van der Waals surface area contributed by atoms with Crippen LogP contribution in [-0.4, -0.2) is 60.4 Å². The first kappa shape index (κ1) is 19.6. The third-order valence-corrected chi connectivity index (χ3v) is 4.23. The van der Waals surface area contributed by atoms with Crippen LogP contribution >= 0.6 is 0 Å². The molecule has 2 atom stereocenters. The van der Waals surface area contributed by atoms with E-state index in [0.717, 1.165) is 6.08 Å². The van der Waals surface area contributed by atoms with Crippen LogP contribution < -0.4 is 9.47 Å². The fraction of sp³-hybridized carbons (Fsp3) is 0.444. The molecular weight excluding hydrogens is 372 g/mol. The van der Waals surface area contributed by atoms with Crippen molar-refractivity contribution in [2.45, 2.75) is 26.1 Å². The lowest BCUT2D eigenvalue weighted by Gasteiger charge is -2.35. The molecule has 0 aliphatic carbocycles. The predicted molar refractivity (Wildman–Crippen MR) is 95.8 cm³/mol. The number of amides is 1. The summed E-state index contributed by atoms with van der Waals surface area (Å²) in [6.45, 7) is 4.15. The van der Waals surface area contributed by atoms with Gasteiger partial charge in [-0.1, -0.05) is 0 Å². The normalized spacial score (nSPS) is 21.0. The van der Waals surface area contributed by atoms with Gasteiger partial charge in [0.1, 0.15) is 0 Å². The number of carbonyl (C=O) groups is 2. The molecule has 3 rings (SSSR count). The molecule has 0 aromatic heterocycles. The van der Waals surface area contributed by atoms with Crippen molar-refractivity contribution in [2.24, 2.45) is 0 Å². The number of fused-ring (bicyclic) bond motifs is 1. The number of ether oxygens (including phenoxy) is 4. The van der Waals surface area contributed by atoms with E-state index in [1.54, 1.807) is 4.90 Å². The third-order valence-electron chi connectivity index (χ3n) is 4.23. The molecular formula is C18H20N2O8. The smallest absolute Gasteiger partial charge is 0.331 e. The summed E-state index contributed by atoms with van der Waals surface area (Å²) < 4.78 is 20.8. The highest BCUT2D eigenvalue weighted by molar-refractivity contribution is 5.90. The van der Waals surface area contributed by atoms with Crippen LogP contribution in [0.5, 0.6) is 11.5 Å². The molecule has 1 aromatic carbocycles. The van der Waals surface area contributed by atoms with Crippen LogP contribution in [0, 0.1) is 10.1 Å². The molecule has 0 N–H and O–H groups in total. The Morgan fingerprint density at radius 1 is 1.25 bits per heavy atom. The zero-order chi connectivity index (χ0) is 20.3. The minimum atomic E-state index is -0.783. The number of carbonyl (C=O) groups excluding carboxylic acids is 2. The summed E-state index contributed by atoms with van der Waals surface area (Å²) in [6.07, 6.45) is 2.10. The molecule has 0 radical (unpaired) electrons. The van der Waals surface area contributed by atoms with Gasteiger partial charge >= 0.3 is 5.97 Å². The first-order chi connectivity index (χ1) is 13.3. The molecule has 0 saturated carbocycles. The molecule has 1 amide bonds. The number of rotatable bonds is 5. The number of morpholine rings is 1. The zero-order valence-electron chi connectivity index (χ0n) is 15.5. The maximum absolute atomic E-state index is 12.2. The maximum Gasteiger partial charge on any atom is 0.331 e. The average Bonchev–Trinajstić information content (AvgIpc) is 3.10. The van der Waals surface area contributed by atoms with Crippen LogP contribution in [0.15, 0.2) is 18.2 Å². The molecule has 2 heterocycles. The van der Waals surface area contributed by atoms with Crippen LogP contribution in [-0.2, 0) is 19.1 Å². The largest absolute Gasteiger partial charge is 0.454 e. The minimum Gasteiger partial charge on any atom is -0.454 e. The molecule has 1 saturated heterocycles. The van der Waals surface area contributed by atoms with Gasteiger partial charge in [0, 0.05) is 19.2 Å². The summed E-state index contributed by atoms with van der Waals surface area (Å²) in [4.78, 5) is 36.3. The van der Waals surface area contributed by atoms with Gasteiger partial charge in [-0.05, 0) is 26.0 Å². The van der Waals surface area contributed by atoms with Crippen LogP contribution in [0.3, 0.4) is 0 Å². The van der Waals surface area contributed by atoms with Crippen molar-refractivity contribution in [3.8, 4) is 11.5 Å². The summed E-state index contributed by atoms with van der Waals surface area (Å²) in [6, 6.07) is 2.64. The van der Waals surface area contributed by atoms with E-state index in [0.29, 0.717) is 18.8 Å². The van der Waals surface area contributed by atoms with E-state index >= 15 is 0 Å². The Morgan fingerprint density at radius 3 is 2.54 bits per heavy atom. The predicted octanol–water partition coefficient (Wildman–Crippen LogP) is 1.52. The molecule has 1 aromatic rings. The SMILES string of the molecule is C[C@@H]1CN(C(=O)COC(=O)/C=C/c2cc3c(cc2[N+](=O)[O-])OCO3)C[C@@H](C)O1. The molecule has 150 valence electrons. The van der Waals surface area contributed by atoms with Crippen molar-refractivity contribution >= 4 is 23.6 Å². The van der Waals surface area contributed by atoms with E-state index < -0.39 is 17.5 Å². The van der Waals surface area contributed by atoms with Gasteiger partial charge in [0.05, 0.1) is 28.8 Å². The van der Waals surface area contributed by atoms with E-state index in [-0.39, 0.29) is 41.9 Å². The van der Waals surface area contributed by atoms with Crippen molar-refractivity contribution in [3.05, 3.63) is 33.9 Å². The van der Waals surface area contributed by atoms with Gasteiger partial charge in [0.25, 0.3) is 11.6 Å². The fourth-order valence-corrected chi connectivity index (χ4v) is 3.05. The summed E-state index contributed by atoms with van der Waals surface area (Å²) in [5.41, 5.74) is -0.0750. The van der Waals surface area contributed by atoms with Crippen molar-refractivity contribution in [3.63, 3.8) is 0 Å². The Balaban J connectivity index is 1.60. The number of benzene rings is 1. The highest BCUT2D eigenvalue weighted by atomic mass is 16.7. The summed E-state index contributed by atoms with van der Waals surface area (Å²) in [5, 5.41) is 11.2. The molecule has 28 heavy (non-hydrogen) atoms. The number of hydrogen-bond donors (Lipinski definition) is 0. The molecule has 2 aliphatic rings. The van der Waals surface area contributed by atoms with Crippen LogP contribution in [0.1, 0.15) is 19.4 Å². The Morgan fingerprint density at radius 2 is 1.89 bits per heavy atom. The van der Waals surface area contributed by atoms with Crippen LogP contribution in [0.4, 0.5) is 5.69 Å². The van der Waals surface area contributed by atoms with Crippen molar-refractivity contribution in [1.29, 1.82) is 0 Å². The van der Waals surface area contributed by atoms with Crippen molar-refractivity contribution < 1.29 is 33.5 Å². The lowest BCUT2D eigenvalue weighted by molar-refractivity contribution is -0.385. The van der Waals surface area contributed by atoms with Crippen LogP contribution in [0.25, 0.3) is 6.08 Å². The Labute approximate surface area is 160 Å². The molecule has 10 nitrogen and oxygen atoms in total. The topological polar surface area (TPSA) is 117 Å². The molecule has 0 bridgehead atoms. The highest BCUT2D eigenvalue weighted by Crippen LogP contribution is 2.38. The minimum absolute atomic E-state index is 0.0252. The fourth-order valence-electron chi connectivity index (χ4n) is 3.05. The van der Waals surface area contributed by atoms with E-state index in [1.807, 2.05) is 13.8 Å². The van der Waals surface area contributed by atoms with Crippen molar-refractivity contribution in [2.75, 3.05) is 26.5 Å². The number of nitrogens with zero attached hydrogens (tertiary/aromatic N) is 2. The average molecular weight is 392 g/mol. The van der Waals surface area contributed by atoms with Gasteiger partial charge in [-0.25, -0.2) is 4.79 Å². The molecule has 1 fully saturated rings. The number of nitro benzene ring substituents is 1. The zero-order valence-corrected chi connectivity index (χ0v) is 15.5. The van der Waals surface area contributed by atoms with Gasteiger partial charge < -0.3 is 23.8 Å². The molecule has 0 spiro atoms. The van der Waals surface area contributed by atoms with Gasteiger partial charge in [-0.3, -0.25) is 14.9 Å². The summed E-state index contributed by atoms with van der Waals surface area (Å²) in [7, 11) is 0. The number of nitro groups is 1. The van der Waals surface area contributed by atoms with E-state index in [1.165, 1.54) is 18.2 Å². The molecule has 2 aliphatic heterocycles. The van der Waals surface area contributed by atoms with E-state index in [9.17, 15) is 19.7 Å². The van der Waals surface area contributed by atoms with Gasteiger partial charge in [0.2, 0.25) is 6.79 Å². The van der Waals surface area contributed by atoms with Crippen molar-refractivity contribution in [1.82, 2.24) is 4.90 Å². The first-order valence-electron chi connectivity index (χ1n) is 8.69. The summed E-state index contributed by atoms with van der Waals surface area (Å²) in [5.74, 6) is -0.483. The second kappa shape index (κ2) is 8.26. The Bertz CT molecular complexity index is 812. The second-order valence-corrected chi connectivity index (χ2v) is 6.52. The lowest BCUT2D eigenvalue weighted by Crippen LogP contribution is -2.49. The second-order valence-electron chi connectivity index (χ2n) is 6.52. The molecule has 10 heteroatoms.